The van der Waals surface area contributed by atoms with E-state index in [0.29, 0.717) is 59.7 Å². The van der Waals surface area contributed by atoms with Crippen LogP contribution in [0.1, 0.15) is 19.5 Å². The molecule has 1 aromatic carbocycles. The van der Waals surface area contributed by atoms with Gasteiger partial charge in [-0.15, -0.1) is 0 Å². The lowest BCUT2D eigenvalue weighted by molar-refractivity contribution is 0.0719. The Hall–Kier alpha value is -3.10. The Morgan fingerprint density at radius 3 is 2.68 bits per heavy atom. The Morgan fingerprint density at radius 2 is 2.03 bits per heavy atom. The van der Waals surface area contributed by atoms with Crippen molar-refractivity contribution in [2.24, 2.45) is 7.05 Å². The number of nitrogens with one attached hydrogen (secondary N) is 1. The molecule has 0 unspecified atom stereocenters. The van der Waals surface area contributed by atoms with Gasteiger partial charge in [0, 0.05) is 38.5 Å². The van der Waals surface area contributed by atoms with E-state index < -0.39 is 0 Å². The van der Waals surface area contributed by atoms with Crippen LogP contribution in [0.5, 0.6) is 5.75 Å². The highest BCUT2D eigenvalue weighted by molar-refractivity contribution is 6.33. The molecule has 2 aromatic heterocycles. The standard InChI is InChI=1S/C25H30ClN5O3/c1-5-19-23(25(32)30(3)24(29-19)17-11-10-16(33-4)13-18(17)26)28-20-14-31(15-21(20)34-6-2)22-9-7-8-12-27-22/h7-13,20-21,28H,5-6,14-15H2,1-4H3/t20-,21-/m1/s1. The molecule has 1 saturated heterocycles. The van der Waals surface area contributed by atoms with Crippen LogP contribution in [0.3, 0.4) is 0 Å². The van der Waals surface area contributed by atoms with E-state index in [1.54, 1.807) is 26.4 Å². The summed E-state index contributed by atoms with van der Waals surface area (Å²) in [6.07, 6.45) is 2.29. The number of hydrogen-bond acceptors (Lipinski definition) is 7. The molecule has 0 radical (unpaired) electrons. The van der Waals surface area contributed by atoms with Crippen molar-refractivity contribution in [3.05, 3.63) is 63.7 Å². The summed E-state index contributed by atoms with van der Waals surface area (Å²) in [7, 11) is 3.30. The van der Waals surface area contributed by atoms with Crippen LogP contribution < -0.4 is 20.5 Å². The van der Waals surface area contributed by atoms with Crippen molar-refractivity contribution in [2.45, 2.75) is 32.4 Å². The maximum absolute atomic E-state index is 13.5. The first-order valence-electron chi connectivity index (χ1n) is 11.4. The molecular weight excluding hydrogens is 454 g/mol. The minimum Gasteiger partial charge on any atom is -0.497 e. The summed E-state index contributed by atoms with van der Waals surface area (Å²) in [5.74, 6) is 2.05. The number of rotatable bonds is 8. The zero-order valence-corrected chi connectivity index (χ0v) is 20.7. The van der Waals surface area contributed by atoms with Crippen molar-refractivity contribution in [3.63, 3.8) is 0 Å². The molecule has 34 heavy (non-hydrogen) atoms. The van der Waals surface area contributed by atoms with Gasteiger partial charge in [0.2, 0.25) is 0 Å². The first kappa shape index (κ1) is 24.0. The fraction of sp³-hybridized carbons (Fsp3) is 0.400. The second-order valence-electron chi connectivity index (χ2n) is 8.16. The van der Waals surface area contributed by atoms with Crippen molar-refractivity contribution < 1.29 is 9.47 Å². The summed E-state index contributed by atoms with van der Waals surface area (Å²) in [4.78, 5) is 25.0. The summed E-state index contributed by atoms with van der Waals surface area (Å²) >= 11 is 6.49. The van der Waals surface area contributed by atoms with Gasteiger partial charge >= 0.3 is 0 Å². The van der Waals surface area contributed by atoms with E-state index in [-0.39, 0.29) is 17.7 Å². The Labute approximate surface area is 204 Å². The number of ether oxygens (including phenoxy) is 2. The average molecular weight is 484 g/mol. The topological polar surface area (TPSA) is 81.5 Å². The van der Waals surface area contributed by atoms with Crippen molar-refractivity contribution in [1.82, 2.24) is 14.5 Å². The number of methoxy groups -OCH3 is 1. The van der Waals surface area contributed by atoms with Crippen molar-refractivity contribution in [1.29, 1.82) is 0 Å². The predicted octanol–water partition coefficient (Wildman–Crippen LogP) is 3.77. The summed E-state index contributed by atoms with van der Waals surface area (Å²) in [6, 6.07) is 11.1. The van der Waals surface area contributed by atoms with Gasteiger partial charge in [-0.25, -0.2) is 9.97 Å². The summed E-state index contributed by atoms with van der Waals surface area (Å²) in [5.41, 5.74) is 1.71. The lowest BCUT2D eigenvalue weighted by Gasteiger charge is -2.22. The number of anilines is 2. The molecule has 180 valence electrons. The zero-order chi connectivity index (χ0) is 24.2. The van der Waals surface area contributed by atoms with Gasteiger partial charge in [0.1, 0.15) is 23.1 Å². The van der Waals surface area contributed by atoms with Gasteiger partial charge in [0.25, 0.3) is 5.56 Å². The summed E-state index contributed by atoms with van der Waals surface area (Å²) in [5, 5.41) is 3.95. The minimum absolute atomic E-state index is 0.0859. The lowest BCUT2D eigenvalue weighted by atomic mass is 10.1. The highest BCUT2D eigenvalue weighted by Gasteiger charge is 2.35. The average Bonchev–Trinajstić information content (AvgIpc) is 3.25. The highest BCUT2D eigenvalue weighted by Crippen LogP contribution is 2.31. The van der Waals surface area contributed by atoms with E-state index in [1.807, 2.05) is 44.2 Å². The third-order valence-corrected chi connectivity index (χ3v) is 6.38. The van der Waals surface area contributed by atoms with Gasteiger partial charge in [-0.2, -0.15) is 0 Å². The molecule has 1 aliphatic rings. The molecular formula is C25H30ClN5O3. The number of halogens is 1. The van der Waals surface area contributed by atoms with Gasteiger partial charge in [-0.1, -0.05) is 24.6 Å². The first-order chi connectivity index (χ1) is 16.5. The molecule has 3 heterocycles. The Balaban J connectivity index is 1.68. The van der Waals surface area contributed by atoms with Crippen LogP contribution >= 0.6 is 11.6 Å². The van der Waals surface area contributed by atoms with Gasteiger partial charge in [-0.05, 0) is 43.7 Å². The van der Waals surface area contributed by atoms with Crippen molar-refractivity contribution in [3.8, 4) is 17.1 Å². The minimum atomic E-state index is -0.153. The molecule has 8 nitrogen and oxygen atoms in total. The van der Waals surface area contributed by atoms with Crippen LogP contribution in [0.25, 0.3) is 11.4 Å². The van der Waals surface area contributed by atoms with E-state index in [4.69, 9.17) is 26.1 Å². The van der Waals surface area contributed by atoms with E-state index >= 15 is 0 Å². The second kappa shape index (κ2) is 10.4. The van der Waals surface area contributed by atoms with Gasteiger partial charge in [0.15, 0.2) is 0 Å². The van der Waals surface area contributed by atoms with Crippen LogP contribution in [0.2, 0.25) is 5.02 Å². The van der Waals surface area contributed by atoms with E-state index in [1.165, 1.54) is 4.57 Å². The molecule has 1 fully saturated rings. The largest absolute Gasteiger partial charge is 0.497 e. The quantitative estimate of drug-likeness (QED) is 0.522. The molecule has 1 aliphatic heterocycles. The third kappa shape index (κ3) is 4.74. The Morgan fingerprint density at radius 1 is 1.21 bits per heavy atom. The van der Waals surface area contributed by atoms with E-state index in [2.05, 4.69) is 15.2 Å². The molecule has 0 aliphatic carbocycles. The molecule has 0 spiro atoms. The fourth-order valence-corrected chi connectivity index (χ4v) is 4.56. The molecule has 0 bridgehead atoms. The van der Waals surface area contributed by atoms with Crippen LogP contribution in [-0.4, -0.2) is 53.5 Å². The monoisotopic (exact) mass is 483 g/mol. The van der Waals surface area contributed by atoms with Gasteiger partial charge in [0.05, 0.1) is 30.0 Å². The first-order valence-corrected chi connectivity index (χ1v) is 11.8. The van der Waals surface area contributed by atoms with Gasteiger partial charge in [-0.3, -0.25) is 9.36 Å². The Kier molecular flexibility index (Phi) is 7.38. The Bertz CT molecular complexity index is 1200. The van der Waals surface area contributed by atoms with Crippen molar-refractivity contribution >= 4 is 23.1 Å². The predicted molar refractivity (Wildman–Crippen MR) is 135 cm³/mol. The molecule has 4 rings (SSSR count). The maximum atomic E-state index is 13.5. The highest BCUT2D eigenvalue weighted by atomic mass is 35.5. The van der Waals surface area contributed by atoms with Crippen molar-refractivity contribution in [2.75, 3.05) is 37.0 Å². The maximum Gasteiger partial charge on any atom is 0.277 e. The number of aryl methyl sites for hydroxylation is 1. The molecule has 0 saturated carbocycles. The summed E-state index contributed by atoms with van der Waals surface area (Å²) in [6.45, 7) is 5.91. The number of hydrogen-bond donors (Lipinski definition) is 1. The van der Waals surface area contributed by atoms with Gasteiger partial charge < -0.3 is 19.7 Å². The fourth-order valence-electron chi connectivity index (χ4n) is 4.30. The molecule has 1 N–H and O–H groups in total. The number of nitrogens with zero attached hydrogens (tertiary/aromatic N) is 4. The molecule has 2 atom stereocenters. The van der Waals surface area contributed by atoms with Crippen LogP contribution in [0, 0.1) is 0 Å². The molecule has 3 aromatic rings. The van der Waals surface area contributed by atoms with Crippen LogP contribution in [0.15, 0.2) is 47.4 Å². The molecule has 9 heteroatoms. The number of pyridine rings is 1. The number of benzene rings is 1. The number of aromatic nitrogens is 3. The normalized spacial score (nSPS) is 17.7. The lowest BCUT2D eigenvalue weighted by Crippen LogP contribution is -2.38. The second-order valence-corrected chi connectivity index (χ2v) is 8.57. The summed E-state index contributed by atoms with van der Waals surface area (Å²) < 4.78 is 12.8. The zero-order valence-electron chi connectivity index (χ0n) is 19.9. The van der Waals surface area contributed by atoms with E-state index in [9.17, 15) is 4.79 Å². The molecule has 0 amide bonds. The SMILES string of the molecule is CCO[C@@H]1CN(c2ccccn2)C[C@H]1Nc1c(CC)nc(-c2ccc(OC)cc2Cl)n(C)c1=O. The van der Waals surface area contributed by atoms with E-state index in [0.717, 1.165) is 5.82 Å². The third-order valence-electron chi connectivity index (χ3n) is 6.07. The van der Waals surface area contributed by atoms with Crippen LogP contribution in [0.4, 0.5) is 11.5 Å². The van der Waals surface area contributed by atoms with Crippen LogP contribution in [-0.2, 0) is 18.2 Å². The smallest absolute Gasteiger partial charge is 0.277 e.